The van der Waals surface area contributed by atoms with E-state index in [1.807, 2.05) is 16.8 Å². The van der Waals surface area contributed by atoms with Crippen LogP contribution in [0.4, 0.5) is 5.95 Å². The topological polar surface area (TPSA) is 43.2 Å². The highest BCUT2D eigenvalue weighted by Gasteiger charge is 2.20. The smallest absolute Gasteiger partial charge is 0.226 e. The number of nitrogens with zero attached hydrogens (tertiary/aromatic N) is 4. The third kappa shape index (κ3) is 4.64. The Bertz CT molecular complexity index is 774. The van der Waals surface area contributed by atoms with E-state index in [9.17, 15) is 0 Å². The molecule has 0 saturated carbocycles. The van der Waals surface area contributed by atoms with Crippen LogP contribution < -0.4 is 9.64 Å². The van der Waals surface area contributed by atoms with Crippen molar-refractivity contribution >= 4 is 14.0 Å². The fraction of sp³-hybridized carbons (Fsp3) is 0.474. The molecule has 3 rings (SSSR count). The summed E-state index contributed by atoms with van der Waals surface area (Å²) in [5.41, 5.74) is 4.54. The fourth-order valence-electron chi connectivity index (χ4n) is 2.79. The van der Waals surface area contributed by atoms with Gasteiger partial charge in [-0.05, 0) is 36.5 Å². The van der Waals surface area contributed by atoms with E-state index < -0.39 is 8.07 Å². The quantitative estimate of drug-likeness (QED) is 0.625. The monoisotopic (exact) mass is 354 g/mol. The first-order chi connectivity index (χ1) is 11.9. The molecule has 25 heavy (non-hydrogen) atoms. The first-order valence-corrected chi connectivity index (χ1v) is 12.3. The Morgan fingerprint density at radius 2 is 1.80 bits per heavy atom. The second kappa shape index (κ2) is 7.32. The van der Waals surface area contributed by atoms with Gasteiger partial charge in [0.1, 0.15) is 13.8 Å². The summed E-state index contributed by atoms with van der Waals surface area (Å²) in [6, 6.07) is 8.10. The van der Waals surface area contributed by atoms with Crippen LogP contribution in [-0.4, -0.2) is 43.0 Å². The van der Waals surface area contributed by atoms with Crippen LogP contribution in [0.2, 0.25) is 19.6 Å². The molecule has 0 spiro atoms. The van der Waals surface area contributed by atoms with E-state index >= 15 is 0 Å². The highest BCUT2D eigenvalue weighted by molar-refractivity contribution is 6.83. The summed E-state index contributed by atoms with van der Waals surface area (Å²) in [7, 11) is 0.240. The van der Waals surface area contributed by atoms with Crippen LogP contribution in [0.5, 0.6) is 5.75 Å². The lowest BCUT2D eigenvalue weighted by atomic mass is 10.2. The Morgan fingerprint density at radius 3 is 2.40 bits per heavy atom. The lowest BCUT2D eigenvalue weighted by Gasteiger charge is -2.16. The summed E-state index contributed by atoms with van der Waals surface area (Å²) < 4.78 is 7.22. The van der Waals surface area contributed by atoms with Gasteiger partial charge < -0.3 is 9.64 Å². The fourth-order valence-corrected chi connectivity index (χ4v) is 3.28. The minimum Gasteiger partial charge on any atom is -0.497 e. The van der Waals surface area contributed by atoms with Crippen LogP contribution in [0.15, 0.2) is 24.3 Å². The lowest BCUT2D eigenvalue weighted by molar-refractivity contribution is 0.414. The van der Waals surface area contributed by atoms with Crippen LogP contribution in [0.1, 0.15) is 24.2 Å². The van der Waals surface area contributed by atoms with Crippen molar-refractivity contribution in [1.82, 2.24) is 14.8 Å². The van der Waals surface area contributed by atoms with Crippen molar-refractivity contribution in [3.8, 4) is 17.2 Å². The van der Waals surface area contributed by atoms with E-state index in [0.717, 1.165) is 24.8 Å². The molecule has 2 heterocycles. The van der Waals surface area contributed by atoms with E-state index in [1.165, 1.54) is 18.4 Å². The van der Waals surface area contributed by atoms with Crippen molar-refractivity contribution in [1.29, 1.82) is 0 Å². The average Bonchev–Trinajstić information content (AvgIpc) is 3.22. The van der Waals surface area contributed by atoms with Crippen LogP contribution in [0.3, 0.4) is 0 Å². The predicted octanol–water partition coefficient (Wildman–Crippen LogP) is 3.16. The van der Waals surface area contributed by atoms with Gasteiger partial charge in [-0.2, -0.15) is 4.98 Å². The van der Waals surface area contributed by atoms with Crippen LogP contribution >= 0.6 is 0 Å². The van der Waals surface area contributed by atoms with E-state index in [1.54, 1.807) is 7.11 Å². The van der Waals surface area contributed by atoms with E-state index in [2.05, 4.69) is 53.2 Å². The van der Waals surface area contributed by atoms with Crippen LogP contribution in [-0.2, 0) is 6.54 Å². The van der Waals surface area contributed by atoms with Crippen molar-refractivity contribution in [2.45, 2.75) is 39.0 Å². The molecule has 1 fully saturated rings. The molecule has 132 valence electrons. The molecule has 1 aromatic heterocycles. The Morgan fingerprint density at radius 1 is 1.12 bits per heavy atom. The first kappa shape index (κ1) is 17.6. The maximum absolute atomic E-state index is 5.23. The maximum atomic E-state index is 5.23. The van der Waals surface area contributed by atoms with Crippen molar-refractivity contribution in [2.24, 2.45) is 0 Å². The minimum absolute atomic E-state index is 0.637. The molecule has 0 N–H and O–H groups in total. The van der Waals surface area contributed by atoms with Crippen molar-refractivity contribution in [3.63, 3.8) is 0 Å². The summed E-state index contributed by atoms with van der Waals surface area (Å²) in [5, 5.41) is 4.68. The number of aromatic nitrogens is 3. The van der Waals surface area contributed by atoms with E-state index in [0.29, 0.717) is 12.4 Å². The number of methoxy groups -OCH3 is 1. The van der Waals surface area contributed by atoms with Gasteiger partial charge in [0.15, 0.2) is 0 Å². The molecule has 0 bridgehead atoms. The highest BCUT2D eigenvalue weighted by atomic mass is 28.3. The summed E-state index contributed by atoms with van der Waals surface area (Å²) in [6.07, 6.45) is 2.43. The molecule has 0 radical (unpaired) electrons. The van der Waals surface area contributed by atoms with Crippen molar-refractivity contribution < 1.29 is 4.74 Å². The normalized spacial score (nSPS) is 14.3. The Kier molecular flexibility index (Phi) is 5.14. The second-order valence-corrected chi connectivity index (χ2v) is 12.2. The number of benzene rings is 1. The molecule has 1 saturated heterocycles. The lowest BCUT2D eigenvalue weighted by Crippen LogP contribution is -2.22. The molecule has 0 aliphatic carbocycles. The molecule has 0 atom stereocenters. The van der Waals surface area contributed by atoms with Crippen LogP contribution in [0.25, 0.3) is 0 Å². The predicted molar refractivity (Wildman–Crippen MR) is 104 cm³/mol. The molecule has 2 aromatic rings. The van der Waals surface area contributed by atoms with Crippen LogP contribution in [0, 0.1) is 11.5 Å². The molecule has 0 unspecified atom stereocenters. The molecule has 1 aliphatic rings. The summed E-state index contributed by atoms with van der Waals surface area (Å²) in [5.74, 6) is 5.63. The molecule has 5 nitrogen and oxygen atoms in total. The number of hydrogen-bond donors (Lipinski definition) is 0. The highest BCUT2D eigenvalue weighted by Crippen LogP contribution is 2.20. The van der Waals surface area contributed by atoms with E-state index in [-0.39, 0.29) is 0 Å². The second-order valence-electron chi connectivity index (χ2n) is 7.44. The number of rotatable bonds is 4. The summed E-state index contributed by atoms with van der Waals surface area (Å²) in [6.45, 7) is 9.48. The van der Waals surface area contributed by atoms with Gasteiger partial charge in [0, 0.05) is 13.1 Å². The van der Waals surface area contributed by atoms with Crippen molar-refractivity contribution in [3.05, 3.63) is 35.7 Å². The zero-order valence-electron chi connectivity index (χ0n) is 15.5. The molecular weight excluding hydrogens is 328 g/mol. The van der Waals surface area contributed by atoms with Gasteiger partial charge >= 0.3 is 0 Å². The van der Waals surface area contributed by atoms with Gasteiger partial charge in [-0.15, -0.1) is 10.6 Å². The largest absolute Gasteiger partial charge is 0.497 e. The van der Waals surface area contributed by atoms with Gasteiger partial charge in [0.2, 0.25) is 11.8 Å². The zero-order chi connectivity index (χ0) is 17.9. The minimum atomic E-state index is -1.44. The Labute approximate surface area is 151 Å². The molecule has 1 aliphatic heterocycles. The standard InChI is InChI=1S/C19H26N4OSi/c1-24-17-9-7-16(8-10-17)15-23-19(22-12-5-6-13-22)20-18(21-23)11-14-25(2,3)4/h7-10H,5-6,12-13,15H2,1-4H3. The maximum Gasteiger partial charge on any atom is 0.226 e. The van der Waals surface area contributed by atoms with Gasteiger partial charge in [-0.3, -0.25) is 0 Å². The summed E-state index contributed by atoms with van der Waals surface area (Å²) >= 11 is 0. The SMILES string of the molecule is COc1ccc(Cn2nc(C#C[Si](C)(C)C)nc2N2CCCC2)cc1. The molecule has 6 heteroatoms. The molecule has 1 aromatic carbocycles. The Balaban J connectivity index is 1.88. The summed E-state index contributed by atoms with van der Waals surface area (Å²) in [4.78, 5) is 7.04. The first-order valence-electron chi connectivity index (χ1n) is 8.80. The average molecular weight is 355 g/mol. The number of anilines is 1. The van der Waals surface area contributed by atoms with Gasteiger partial charge in [0.25, 0.3) is 0 Å². The zero-order valence-corrected chi connectivity index (χ0v) is 16.5. The van der Waals surface area contributed by atoms with Gasteiger partial charge in [0.05, 0.1) is 13.7 Å². The molecule has 0 amide bonds. The third-order valence-electron chi connectivity index (χ3n) is 4.08. The van der Waals surface area contributed by atoms with Gasteiger partial charge in [-0.1, -0.05) is 31.8 Å². The number of hydrogen-bond acceptors (Lipinski definition) is 4. The molecular formula is C19H26N4OSi. The van der Waals surface area contributed by atoms with Gasteiger partial charge in [-0.25, -0.2) is 4.68 Å². The number of ether oxygens (including phenoxy) is 1. The van der Waals surface area contributed by atoms with E-state index in [4.69, 9.17) is 9.72 Å². The van der Waals surface area contributed by atoms with Crippen molar-refractivity contribution in [2.75, 3.05) is 25.1 Å². The third-order valence-corrected chi connectivity index (χ3v) is 4.96. The Hall–Kier alpha value is -2.26.